The van der Waals surface area contributed by atoms with Gasteiger partial charge in [0.15, 0.2) is 0 Å². The summed E-state index contributed by atoms with van der Waals surface area (Å²) in [6, 6.07) is 0. The number of hydrogen-bond acceptors (Lipinski definition) is 2. The molecule has 94 valence electrons. The highest BCUT2D eigenvalue weighted by molar-refractivity contribution is 5.69. The van der Waals surface area contributed by atoms with Crippen LogP contribution in [0.25, 0.3) is 0 Å². The van der Waals surface area contributed by atoms with E-state index in [1.807, 2.05) is 6.92 Å². The van der Waals surface area contributed by atoms with E-state index in [1.54, 1.807) is 0 Å². The average Bonchev–Trinajstić information content (AvgIpc) is 2.60. The van der Waals surface area contributed by atoms with Gasteiger partial charge in [0.1, 0.15) is 0 Å². The van der Waals surface area contributed by atoms with Gasteiger partial charge in [-0.2, -0.15) is 0 Å². The van der Waals surface area contributed by atoms with Crippen LogP contribution in [-0.2, 0) is 4.79 Å². The fourth-order valence-corrected chi connectivity index (χ4v) is 2.63. The number of rotatable bonds is 6. The Hall–Kier alpha value is -0.570. The van der Waals surface area contributed by atoms with Gasteiger partial charge in [-0.25, -0.2) is 0 Å². The summed E-state index contributed by atoms with van der Waals surface area (Å²) in [6.45, 7) is 9.85. The Kier molecular flexibility index (Phi) is 5.26. The van der Waals surface area contributed by atoms with Gasteiger partial charge in [-0.15, -0.1) is 0 Å². The SMILES string of the molecule is CCC(CC1CCN(CC(C)C)C1)C(=O)O. The summed E-state index contributed by atoms with van der Waals surface area (Å²) in [5.41, 5.74) is 0. The molecule has 2 unspecified atom stereocenters. The van der Waals surface area contributed by atoms with Gasteiger partial charge in [-0.3, -0.25) is 4.79 Å². The van der Waals surface area contributed by atoms with Crippen molar-refractivity contribution in [2.75, 3.05) is 19.6 Å². The Morgan fingerprint density at radius 2 is 2.19 bits per heavy atom. The zero-order valence-corrected chi connectivity index (χ0v) is 10.8. The quantitative estimate of drug-likeness (QED) is 0.758. The third-order valence-electron chi connectivity index (χ3n) is 3.45. The zero-order valence-electron chi connectivity index (χ0n) is 10.8. The first-order valence-corrected chi connectivity index (χ1v) is 6.48. The molecule has 0 radical (unpaired) electrons. The van der Waals surface area contributed by atoms with Gasteiger partial charge in [0, 0.05) is 13.1 Å². The molecule has 1 aliphatic heterocycles. The Bertz CT molecular complexity index is 228. The summed E-state index contributed by atoms with van der Waals surface area (Å²) in [5.74, 6) is 0.550. The minimum Gasteiger partial charge on any atom is -0.481 e. The highest BCUT2D eigenvalue weighted by atomic mass is 16.4. The van der Waals surface area contributed by atoms with Gasteiger partial charge in [-0.1, -0.05) is 20.8 Å². The van der Waals surface area contributed by atoms with Crippen LogP contribution in [0.1, 0.15) is 40.0 Å². The normalized spacial score (nSPS) is 23.9. The summed E-state index contributed by atoms with van der Waals surface area (Å²) in [6.07, 6.45) is 2.80. The van der Waals surface area contributed by atoms with Gasteiger partial charge >= 0.3 is 5.97 Å². The van der Waals surface area contributed by atoms with Crippen molar-refractivity contribution in [2.45, 2.75) is 40.0 Å². The van der Waals surface area contributed by atoms with E-state index in [0.29, 0.717) is 11.8 Å². The molecule has 1 saturated heterocycles. The second kappa shape index (κ2) is 6.24. The van der Waals surface area contributed by atoms with Crippen LogP contribution in [0.5, 0.6) is 0 Å². The fourth-order valence-electron chi connectivity index (χ4n) is 2.63. The van der Waals surface area contributed by atoms with Crippen LogP contribution in [0.2, 0.25) is 0 Å². The first-order valence-electron chi connectivity index (χ1n) is 6.48. The third kappa shape index (κ3) is 4.12. The van der Waals surface area contributed by atoms with Crippen LogP contribution in [0.4, 0.5) is 0 Å². The predicted molar refractivity (Wildman–Crippen MR) is 65.4 cm³/mol. The van der Waals surface area contributed by atoms with E-state index in [4.69, 9.17) is 5.11 Å². The number of carboxylic acid groups (broad SMARTS) is 1. The van der Waals surface area contributed by atoms with E-state index < -0.39 is 5.97 Å². The number of carboxylic acids is 1. The van der Waals surface area contributed by atoms with E-state index in [9.17, 15) is 4.79 Å². The van der Waals surface area contributed by atoms with Crippen LogP contribution >= 0.6 is 0 Å². The maximum Gasteiger partial charge on any atom is 0.306 e. The van der Waals surface area contributed by atoms with Crippen LogP contribution in [0.15, 0.2) is 0 Å². The molecule has 1 aliphatic rings. The molecule has 1 fully saturated rings. The number of likely N-dealkylation sites (tertiary alicyclic amines) is 1. The monoisotopic (exact) mass is 227 g/mol. The molecular formula is C13H25NO2. The molecule has 0 amide bonds. The van der Waals surface area contributed by atoms with Crippen molar-refractivity contribution in [1.29, 1.82) is 0 Å². The first kappa shape index (κ1) is 13.5. The smallest absolute Gasteiger partial charge is 0.306 e. The van der Waals surface area contributed by atoms with E-state index in [1.165, 1.54) is 6.42 Å². The van der Waals surface area contributed by atoms with Crippen LogP contribution in [0, 0.1) is 17.8 Å². The Labute approximate surface area is 98.8 Å². The molecule has 1 rings (SSSR count). The maximum atomic E-state index is 11.0. The molecule has 1 N–H and O–H groups in total. The van der Waals surface area contributed by atoms with Crippen LogP contribution in [0.3, 0.4) is 0 Å². The van der Waals surface area contributed by atoms with Gasteiger partial charge in [0.2, 0.25) is 0 Å². The minimum atomic E-state index is -0.621. The van der Waals surface area contributed by atoms with Gasteiger partial charge in [0.05, 0.1) is 5.92 Å². The van der Waals surface area contributed by atoms with Gasteiger partial charge in [0.25, 0.3) is 0 Å². The standard InChI is InChI=1S/C13H25NO2/c1-4-12(13(15)16)7-11-5-6-14(9-11)8-10(2)3/h10-12H,4-9H2,1-3H3,(H,15,16). The molecular weight excluding hydrogens is 202 g/mol. The Morgan fingerprint density at radius 1 is 1.50 bits per heavy atom. The maximum absolute atomic E-state index is 11.0. The summed E-state index contributed by atoms with van der Waals surface area (Å²) in [5, 5.41) is 9.03. The number of aliphatic carboxylic acids is 1. The zero-order chi connectivity index (χ0) is 12.1. The summed E-state index contributed by atoms with van der Waals surface area (Å²) >= 11 is 0. The van der Waals surface area contributed by atoms with Crippen LogP contribution in [-0.4, -0.2) is 35.6 Å². The summed E-state index contributed by atoms with van der Waals surface area (Å²) in [7, 11) is 0. The summed E-state index contributed by atoms with van der Waals surface area (Å²) < 4.78 is 0. The molecule has 3 nitrogen and oxygen atoms in total. The van der Waals surface area contributed by atoms with E-state index in [0.717, 1.165) is 32.5 Å². The van der Waals surface area contributed by atoms with E-state index in [-0.39, 0.29) is 5.92 Å². The van der Waals surface area contributed by atoms with Crippen molar-refractivity contribution >= 4 is 5.97 Å². The first-order chi connectivity index (χ1) is 7.52. The van der Waals surface area contributed by atoms with Crippen molar-refractivity contribution in [3.63, 3.8) is 0 Å². The van der Waals surface area contributed by atoms with Crippen molar-refractivity contribution in [2.24, 2.45) is 17.8 Å². The van der Waals surface area contributed by atoms with Gasteiger partial charge < -0.3 is 10.0 Å². The predicted octanol–water partition coefficient (Wildman–Crippen LogP) is 2.47. The van der Waals surface area contributed by atoms with E-state index >= 15 is 0 Å². The molecule has 0 aromatic carbocycles. The van der Waals surface area contributed by atoms with E-state index in [2.05, 4.69) is 18.7 Å². The van der Waals surface area contributed by atoms with Crippen molar-refractivity contribution in [3.05, 3.63) is 0 Å². The molecule has 2 atom stereocenters. The lowest BCUT2D eigenvalue weighted by Gasteiger charge is -2.19. The number of carbonyl (C=O) groups is 1. The topological polar surface area (TPSA) is 40.5 Å². The molecule has 0 bridgehead atoms. The molecule has 0 aromatic rings. The highest BCUT2D eigenvalue weighted by Gasteiger charge is 2.27. The average molecular weight is 227 g/mol. The Balaban J connectivity index is 2.33. The second-order valence-electron chi connectivity index (χ2n) is 5.49. The van der Waals surface area contributed by atoms with Crippen LogP contribution < -0.4 is 0 Å². The largest absolute Gasteiger partial charge is 0.481 e. The highest BCUT2D eigenvalue weighted by Crippen LogP contribution is 2.25. The molecule has 1 heterocycles. The lowest BCUT2D eigenvalue weighted by molar-refractivity contribution is -0.142. The van der Waals surface area contributed by atoms with Crippen molar-refractivity contribution in [3.8, 4) is 0 Å². The third-order valence-corrected chi connectivity index (χ3v) is 3.45. The second-order valence-corrected chi connectivity index (χ2v) is 5.49. The van der Waals surface area contributed by atoms with Crippen molar-refractivity contribution < 1.29 is 9.90 Å². The lowest BCUT2D eigenvalue weighted by Crippen LogP contribution is -2.26. The Morgan fingerprint density at radius 3 is 2.69 bits per heavy atom. The molecule has 0 aliphatic carbocycles. The molecule has 16 heavy (non-hydrogen) atoms. The minimum absolute atomic E-state index is 0.135. The van der Waals surface area contributed by atoms with Gasteiger partial charge in [-0.05, 0) is 37.6 Å². The fraction of sp³-hybridized carbons (Fsp3) is 0.923. The number of hydrogen-bond donors (Lipinski definition) is 1. The number of nitrogens with zero attached hydrogens (tertiary/aromatic N) is 1. The van der Waals surface area contributed by atoms with Crippen molar-refractivity contribution in [1.82, 2.24) is 4.90 Å². The summed E-state index contributed by atoms with van der Waals surface area (Å²) in [4.78, 5) is 13.4. The molecule has 0 spiro atoms. The molecule has 0 saturated carbocycles. The molecule has 3 heteroatoms. The molecule has 0 aromatic heterocycles. The lowest BCUT2D eigenvalue weighted by atomic mass is 9.92.